The Hall–Kier alpha value is -3.56. The van der Waals surface area contributed by atoms with E-state index < -0.39 is 23.6 Å². The summed E-state index contributed by atoms with van der Waals surface area (Å²) in [5, 5.41) is 15.5. The van der Waals surface area contributed by atoms with Crippen molar-refractivity contribution in [3.8, 4) is 11.1 Å². The molecule has 0 aliphatic carbocycles. The molecule has 1 atom stereocenters. The van der Waals surface area contributed by atoms with E-state index in [1.54, 1.807) is 12.1 Å². The number of benzene rings is 2. The van der Waals surface area contributed by atoms with Gasteiger partial charge in [-0.1, -0.05) is 17.7 Å². The fourth-order valence-corrected chi connectivity index (χ4v) is 3.36. The number of hydrogen-bond donors (Lipinski definition) is 4. The molecular formula is C23H21ClF2N4O3. The van der Waals surface area contributed by atoms with Crippen molar-refractivity contribution in [2.24, 2.45) is 0 Å². The third-order valence-corrected chi connectivity index (χ3v) is 4.89. The number of nitrogens with one attached hydrogen (secondary N) is 2. The van der Waals surface area contributed by atoms with Gasteiger partial charge in [0.05, 0.1) is 10.6 Å². The topological polar surface area (TPSA) is 117 Å². The Morgan fingerprint density at radius 2 is 1.76 bits per heavy atom. The van der Waals surface area contributed by atoms with Gasteiger partial charge in [0.2, 0.25) is 0 Å². The van der Waals surface area contributed by atoms with Crippen molar-refractivity contribution in [1.82, 2.24) is 10.3 Å². The van der Waals surface area contributed by atoms with E-state index in [0.717, 1.165) is 12.1 Å². The first-order chi connectivity index (χ1) is 15.5. The maximum absolute atomic E-state index is 13.4. The lowest BCUT2D eigenvalue weighted by atomic mass is 10.0. The maximum atomic E-state index is 13.4. The number of aliphatic hydroxyl groups excluding tert-OH is 1. The van der Waals surface area contributed by atoms with Gasteiger partial charge in [-0.15, -0.1) is 0 Å². The Kier molecular flexibility index (Phi) is 7.25. The average molecular weight is 475 g/mol. The van der Waals surface area contributed by atoms with Gasteiger partial charge in [0, 0.05) is 35.1 Å². The average Bonchev–Trinajstić information content (AvgIpc) is 2.72. The molecule has 5 N–H and O–H groups in total. The van der Waals surface area contributed by atoms with Gasteiger partial charge in [0.1, 0.15) is 17.5 Å². The van der Waals surface area contributed by atoms with Crippen molar-refractivity contribution in [1.29, 1.82) is 0 Å². The van der Waals surface area contributed by atoms with Gasteiger partial charge in [0.25, 0.3) is 11.8 Å². The summed E-state index contributed by atoms with van der Waals surface area (Å²) in [5.74, 6) is -3.03. The summed E-state index contributed by atoms with van der Waals surface area (Å²) in [4.78, 5) is 28.8. The van der Waals surface area contributed by atoms with Gasteiger partial charge in [-0.3, -0.25) is 9.59 Å². The Bertz CT molecular complexity index is 1200. The van der Waals surface area contributed by atoms with Crippen LogP contribution in [0.25, 0.3) is 11.1 Å². The molecule has 3 aromatic rings. The number of hydrogen-bond acceptors (Lipinski definition) is 5. The van der Waals surface area contributed by atoms with Crippen molar-refractivity contribution in [3.63, 3.8) is 0 Å². The van der Waals surface area contributed by atoms with E-state index in [1.165, 1.54) is 18.3 Å². The van der Waals surface area contributed by atoms with Crippen LogP contribution in [0, 0.1) is 11.6 Å². The van der Waals surface area contributed by atoms with E-state index in [-0.39, 0.29) is 39.6 Å². The van der Waals surface area contributed by atoms with Crippen LogP contribution in [-0.2, 0) is 4.79 Å². The van der Waals surface area contributed by atoms with Crippen molar-refractivity contribution >= 4 is 34.9 Å². The number of aromatic nitrogens is 1. The molecule has 33 heavy (non-hydrogen) atoms. The number of rotatable bonds is 6. The van der Waals surface area contributed by atoms with Gasteiger partial charge in [-0.2, -0.15) is 0 Å². The zero-order valence-corrected chi connectivity index (χ0v) is 18.5. The molecule has 0 unspecified atom stereocenters. The molecule has 2 aromatic carbocycles. The van der Waals surface area contributed by atoms with Crippen LogP contribution in [0.15, 0.2) is 48.7 Å². The molecule has 0 aliphatic heterocycles. The molecule has 1 aromatic heterocycles. The number of pyridine rings is 1. The molecule has 2 amide bonds. The van der Waals surface area contributed by atoms with Crippen LogP contribution < -0.4 is 16.4 Å². The van der Waals surface area contributed by atoms with E-state index in [0.29, 0.717) is 17.2 Å². The smallest absolute Gasteiger partial charge is 0.257 e. The van der Waals surface area contributed by atoms with Crippen LogP contribution in [0.3, 0.4) is 0 Å². The standard InChI is InChI=1S/C23H21ClF2N4O3/c1-11(2)29-22(32)18-7-13(10-28-21(18)27)17-4-3-16(9-19(17)24)30-23(33)20(31)12-5-14(25)8-15(26)6-12/h3-11,20,31H,1-2H3,(H2,27,28)(H,29,32)(H,30,33)/t20-/m1/s1. The molecule has 0 aliphatic rings. The van der Waals surface area contributed by atoms with E-state index >= 15 is 0 Å². The first-order valence-electron chi connectivity index (χ1n) is 9.86. The molecule has 7 nitrogen and oxygen atoms in total. The fourth-order valence-electron chi connectivity index (χ4n) is 3.07. The van der Waals surface area contributed by atoms with E-state index in [2.05, 4.69) is 15.6 Å². The first-order valence-corrected chi connectivity index (χ1v) is 10.2. The van der Waals surface area contributed by atoms with Crippen LogP contribution in [0.1, 0.15) is 35.9 Å². The minimum absolute atomic E-state index is 0.0691. The summed E-state index contributed by atoms with van der Waals surface area (Å²) in [6, 6.07) is 8.36. The predicted octanol–water partition coefficient (Wildman–Crippen LogP) is 4.07. The molecule has 1 heterocycles. The summed E-state index contributed by atoms with van der Waals surface area (Å²) in [6.45, 7) is 3.63. The monoisotopic (exact) mass is 474 g/mol. The number of nitrogen functional groups attached to an aromatic ring is 1. The first kappa shape index (κ1) is 24.1. The zero-order chi connectivity index (χ0) is 24.3. The molecule has 0 saturated heterocycles. The lowest BCUT2D eigenvalue weighted by Crippen LogP contribution is -2.30. The molecule has 0 spiro atoms. The molecule has 0 saturated carbocycles. The summed E-state index contributed by atoms with van der Waals surface area (Å²) in [6.07, 6.45) is -0.333. The molecular weight excluding hydrogens is 454 g/mol. The lowest BCUT2D eigenvalue weighted by Gasteiger charge is -2.14. The van der Waals surface area contributed by atoms with Gasteiger partial charge < -0.3 is 21.5 Å². The highest BCUT2D eigenvalue weighted by Gasteiger charge is 2.20. The third kappa shape index (κ3) is 5.82. The second-order valence-electron chi connectivity index (χ2n) is 7.57. The Morgan fingerprint density at radius 3 is 2.36 bits per heavy atom. The van der Waals surface area contributed by atoms with Gasteiger partial charge >= 0.3 is 0 Å². The minimum atomic E-state index is -1.79. The van der Waals surface area contributed by atoms with Gasteiger partial charge in [-0.05, 0) is 49.7 Å². The summed E-state index contributed by atoms with van der Waals surface area (Å²) in [7, 11) is 0. The van der Waals surface area contributed by atoms with Crippen molar-refractivity contribution < 1.29 is 23.5 Å². The normalized spacial score (nSPS) is 11.8. The number of halogens is 3. The second-order valence-corrected chi connectivity index (χ2v) is 7.98. The van der Waals surface area contributed by atoms with Crippen LogP contribution in [0.5, 0.6) is 0 Å². The molecule has 3 rings (SSSR count). The molecule has 0 radical (unpaired) electrons. The van der Waals surface area contributed by atoms with Gasteiger partial charge in [-0.25, -0.2) is 13.8 Å². The lowest BCUT2D eigenvalue weighted by molar-refractivity contribution is -0.124. The number of carbonyl (C=O) groups excluding carboxylic acids is 2. The molecule has 0 fully saturated rings. The highest BCUT2D eigenvalue weighted by atomic mass is 35.5. The number of amides is 2. The number of nitrogens with two attached hydrogens (primary N) is 1. The van der Waals surface area contributed by atoms with Crippen molar-refractivity contribution in [2.75, 3.05) is 11.1 Å². The summed E-state index contributed by atoms with van der Waals surface area (Å²) >= 11 is 6.37. The second kappa shape index (κ2) is 9.93. The molecule has 0 bridgehead atoms. The van der Waals surface area contributed by atoms with E-state index in [1.807, 2.05) is 13.8 Å². The van der Waals surface area contributed by atoms with Crippen molar-refractivity contribution in [2.45, 2.75) is 26.0 Å². The SMILES string of the molecule is CC(C)NC(=O)c1cc(-c2ccc(NC(=O)[C@H](O)c3cc(F)cc(F)c3)cc2Cl)cnc1N. The highest BCUT2D eigenvalue weighted by molar-refractivity contribution is 6.33. The quantitative estimate of drug-likeness (QED) is 0.429. The summed E-state index contributed by atoms with van der Waals surface area (Å²) < 4.78 is 26.7. The largest absolute Gasteiger partial charge is 0.383 e. The van der Waals surface area contributed by atoms with E-state index in [4.69, 9.17) is 17.3 Å². The van der Waals surface area contributed by atoms with Crippen LogP contribution in [0.4, 0.5) is 20.3 Å². The molecule has 172 valence electrons. The zero-order valence-electron chi connectivity index (χ0n) is 17.7. The minimum Gasteiger partial charge on any atom is -0.383 e. The van der Waals surface area contributed by atoms with Crippen LogP contribution in [-0.4, -0.2) is 27.9 Å². The Morgan fingerprint density at radius 1 is 1.09 bits per heavy atom. The Balaban J connectivity index is 1.81. The van der Waals surface area contributed by atoms with Gasteiger partial charge in [0.15, 0.2) is 6.10 Å². The predicted molar refractivity (Wildman–Crippen MR) is 122 cm³/mol. The summed E-state index contributed by atoms with van der Waals surface area (Å²) in [5.41, 5.74) is 7.09. The van der Waals surface area contributed by atoms with Crippen molar-refractivity contribution in [3.05, 3.63) is 76.4 Å². The van der Waals surface area contributed by atoms with Crippen LogP contribution >= 0.6 is 11.6 Å². The van der Waals surface area contributed by atoms with Crippen LogP contribution in [0.2, 0.25) is 5.02 Å². The number of nitrogens with zero attached hydrogens (tertiary/aromatic N) is 1. The van der Waals surface area contributed by atoms with E-state index in [9.17, 15) is 23.5 Å². The highest BCUT2D eigenvalue weighted by Crippen LogP contribution is 2.32. The Labute approximate surface area is 193 Å². The third-order valence-electron chi connectivity index (χ3n) is 4.58. The number of aliphatic hydroxyl groups is 1. The number of carbonyl (C=O) groups is 2. The number of anilines is 2. The molecule has 10 heteroatoms. The fraction of sp³-hybridized carbons (Fsp3) is 0.174. The maximum Gasteiger partial charge on any atom is 0.257 e.